The van der Waals surface area contributed by atoms with Crippen molar-refractivity contribution in [2.75, 3.05) is 15.7 Å². The lowest BCUT2D eigenvalue weighted by Gasteiger charge is -2.15. The Morgan fingerprint density at radius 3 is 1.63 bits per heavy atom. The van der Waals surface area contributed by atoms with Gasteiger partial charge in [-0.3, -0.25) is 9.44 Å². The Bertz CT molecular complexity index is 1370. The van der Waals surface area contributed by atoms with Gasteiger partial charge in [-0.15, -0.1) is 0 Å². The van der Waals surface area contributed by atoms with E-state index in [2.05, 4.69) is 9.44 Å². The molecule has 0 heterocycles. The highest BCUT2D eigenvalue weighted by atomic mass is 32.2. The second-order valence-corrected chi connectivity index (χ2v) is 11.7. The van der Waals surface area contributed by atoms with Gasteiger partial charge in [0.2, 0.25) is 19.9 Å². The van der Waals surface area contributed by atoms with Crippen LogP contribution < -0.4 is 9.44 Å². The van der Waals surface area contributed by atoms with Gasteiger partial charge in [-0.25, -0.2) is 25.3 Å². The van der Waals surface area contributed by atoms with E-state index in [-0.39, 0.29) is 26.1 Å². The topological polar surface area (TPSA) is 126 Å². The number of benzene rings is 3. The van der Waals surface area contributed by atoms with Crippen molar-refractivity contribution in [2.24, 2.45) is 0 Å². The molecule has 158 valence electrons. The summed E-state index contributed by atoms with van der Waals surface area (Å²) in [5.41, 5.74) is -0.328. The molecule has 0 aliphatic carbocycles. The maximum absolute atomic E-state index is 12.9. The number of hydrogen-bond donors (Lipinski definition) is 2. The summed E-state index contributed by atoms with van der Waals surface area (Å²) in [4.78, 5) is -0.202. The molecule has 0 saturated carbocycles. The first-order valence-electron chi connectivity index (χ1n) is 8.49. The molecular weight excluding hydrogens is 448 g/mol. The van der Waals surface area contributed by atoms with E-state index in [1.807, 2.05) is 0 Å². The lowest BCUT2D eigenvalue weighted by Crippen LogP contribution is -2.17. The Kier molecular flexibility index (Phi) is 5.88. The van der Waals surface area contributed by atoms with Crippen molar-refractivity contribution in [2.45, 2.75) is 14.7 Å². The van der Waals surface area contributed by atoms with Gasteiger partial charge >= 0.3 is 0 Å². The van der Waals surface area contributed by atoms with Crippen molar-refractivity contribution in [3.8, 4) is 0 Å². The zero-order valence-electron chi connectivity index (χ0n) is 15.7. The standard InChI is InChI=1S/C19H18N2O6S3/c1-28(22,23)20-19-14-17(29(24,25)15-8-4-2-5-9-15)12-13-18(19)21-30(26,27)16-10-6-3-7-11-16/h2-14,20-21H,1H3. The van der Waals surface area contributed by atoms with E-state index in [1.54, 1.807) is 36.4 Å². The fourth-order valence-corrected chi connectivity index (χ4v) is 5.58. The Labute approximate surface area is 175 Å². The molecule has 3 rings (SSSR count). The third-order valence-electron chi connectivity index (χ3n) is 3.95. The molecule has 0 saturated heterocycles. The van der Waals surface area contributed by atoms with Crippen molar-refractivity contribution in [1.82, 2.24) is 0 Å². The van der Waals surface area contributed by atoms with Gasteiger partial charge in [0.05, 0.1) is 32.3 Å². The Hall–Kier alpha value is -2.89. The molecule has 0 spiro atoms. The number of rotatable bonds is 7. The lowest BCUT2D eigenvalue weighted by atomic mass is 10.3. The molecule has 30 heavy (non-hydrogen) atoms. The summed E-state index contributed by atoms with van der Waals surface area (Å²) in [6, 6.07) is 18.6. The molecule has 0 bridgehead atoms. The van der Waals surface area contributed by atoms with Crippen LogP contribution in [0.5, 0.6) is 0 Å². The van der Waals surface area contributed by atoms with E-state index in [4.69, 9.17) is 0 Å². The van der Waals surface area contributed by atoms with E-state index in [1.165, 1.54) is 36.4 Å². The third kappa shape index (κ3) is 4.99. The van der Waals surface area contributed by atoms with E-state index < -0.39 is 29.9 Å². The molecule has 3 aromatic carbocycles. The minimum Gasteiger partial charge on any atom is -0.282 e. The minimum atomic E-state index is -4.03. The Morgan fingerprint density at radius 2 is 1.10 bits per heavy atom. The molecule has 0 amide bonds. The van der Waals surface area contributed by atoms with E-state index in [0.29, 0.717) is 0 Å². The van der Waals surface area contributed by atoms with Crippen molar-refractivity contribution >= 4 is 41.3 Å². The zero-order chi connectivity index (χ0) is 22.0. The molecule has 0 aromatic heterocycles. The molecular formula is C19H18N2O6S3. The number of nitrogens with one attached hydrogen (secondary N) is 2. The second-order valence-electron chi connectivity index (χ2n) is 6.32. The predicted molar refractivity (Wildman–Crippen MR) is 114 cm³/mol. The largest absolute Gasteiger partial charge is 0.282 e. The number of sulfone groups is 1. The molecule has 2 N–H and O–H groups in total. The van der Waals surface area contributed by atoms with Gasteiger partial charge in [0.1, 0.15) is 0 Å². The molecule has 8 nitrogen and oxygen atoms in total. The van der Waals surface area contributed by atoms with E-state index >= 15 is 0 Å². The summed E-state index contributed by atoms with van der Waals surface area (Å²) in [5, 5.41) is 0. The average Bonchev–Trinajstić information content (AvgIpc) is 2.69. The van der Waals surface area contributed by atoms with Gasteiger partial charge in [-0.05, 0) is 42.5 Å². The number of anilines is 2. The van der Waals surface area contributed by atoms with Gasteiger partial charge in [0.25, 0.3) is 10.0 Å². The summed E-state index contributed by atoms with van der Waals surface area (Å²) >= 11 is 0. The third-order valence-corrected chi connectivity index (χ3v) is 7.69. The van der Waals surface area contributed by atoms with Gasteiger partial charge in [0, 0.05) is 0 Å². The van der Waals surface area contributed by atoms with Crippen molar-refractivity contribution in [3.05, 3.63) is 78.9 Å². The smallest absolute Gasteiger partial charge is 0.261 e. The first-order valence-corrected chi connectivity index (χ1v) is 13.3. The normalized spacial score (nSPS) is 12.3. The van der Waals surface area contributed by atoms with Crippen LogP contribution in [0.1, 0.15) is 0 Å². The van der Waals surface area contributed by atoms with Crippen molar-refractivity contribution < 1.29 is 25.3 Å². The highest BCUT2D eigenvalue weighted by Crippen LogP contribution is 2.31. The summed E-state index contributed by atoms with van der Waals surface area (Å²) in [5.74, 6) is 0. The molecule has 0 radical (unpaired) electrons. The van der Waals surface area contributed by atoms with Gasteiger partial charge in [-0.1, -0.05) is 36.4 Å². The first-order chi connectivity index (χ1) is 14.0. The van der Waals surface area contributed by atoms with Gasteiger partial charge < -0.3 is 0 Å². The summed E-state index contributed by atoms with van der Waals surface area (Å²) in [7, 11) is -11.8. The second kappa shape index (κ2) is 8.09. The summed E-state index contributed by atoms with van der Waals surface area (Å²) < 4.78 is 79.0. The summed E-state index contributed by atoms with van der Waals surface area (Å²) in [6.45, 7) is 0. The number of hydrogen-bond acceptors (Lipinski definition) is 6. The van der Waals surface area contributed by atoms with Crippen LogP contribution in [0.4, 0.5) is 11.4 Å². The fraction of sp³-hybridized carbons (Fsp3) is 0.0526. The van der Waals surface area contributed by atoms with Crippen LogP contribution in [0.2, 0.25) is 0 Å². The van der Waals surface area contributed by atoms with Gasteiger partial charge in [0.15, 0.2) is 0 Å². The predicted octanol–water partition coefficient (Wildman–Crippen LogP) is 2.69. The minimum absolute atomic E-state index is 0.0212. The molecule has 11 heteroatoms. The average molecular weight is 467 g/mol. The van der Waals surface area contributed by atoms with Crippen LogP contribution in [0.15, 0.2) is 93.5 Å². The van der Waals surface area contributed by atoms with E-state index in [9.17, 15) is 25.3 Å². The van der Waals surface area contributed by atoms with E-state index in [0.717, 1.165) is 12.3 Å². The summed E-state index contributed by atoms with van der Waals surface area (Å²) in [6.07, 6.45) is 0.876. The number of sulfonamides is 2. The van der Waals surface area contributed by atoms with Crippen LogP contribution in [0.25, 0.3) is 0 Å². The van der Waals surface area contributed by atoms with Crippen molar-refractivity contribution in [3.63, 3.8) is 0 Å². The van der Waals surface area contributed by atoms with Gasteiger partial charge in [-0.2, -0.15) is 0 Å². The molecule has 0 aliphatic rings. The maximum atomic E-state index is 12.9. The van der Waals surface area contributed by atoms with Crippen molar-refractivity contribution in [1.29, 1.82) is 0 Å². The van der Waals surface area contributed by atoms with Crippen LogP contribution in [-0.2, 0) is 29.9 Å². The molecule has 3 aromatic rings. The molecule has 0 fully saturated rings. The van der Waals surface area contributed by atoms with Crippen LogP contribution >= 0.6 is 0 Å². The molecule has 0 unspecified atom stereocenters. The highest BCUT2D eigenvalue weighted by molar-refractivity contribution is 7.93. The SMILES string of the molecule is CS(=O)(=O)Nc1cc(S(=O)(=O)c2ccccc2)ccc1NS(=O)(=O)c1ccccc1. The molecule has 0 atom stereocenters. The van der Waals surface area contributed by atoms with Crippen LogP contribution in [0.3, 0.4) is 0 Å². The zero-order valence-corrected chi connectivity index (χ0v) is 18.1. The van der Waals surface area contributed by atoms with Crippen LogP contribution in [-0.4, -0.2) is 31.5 Å². The van der Waals surface area contributed by atoms with Crippen LogP contribution in [0, 0.1) is 0 Å². The molecule has 0 aliphatic heterocycles. The Balaban J connectivity index is 2.09. The Morgan fingerprint density at radius 1 is 0.567 bits per heavy atom. The maximum Gasteiger partial charge on any atom is 0.261 e. The monoisotopic (exact) mass is 466 g/mol. The fourth-order valence-electron chi connectivity index (χ4n) is 2.60. The highest BCUT2D eigenvalue weighted by Gasteiger charge is 2.22. The first kappa shape index (κ1) is 21.8. The lowest BCUT2D eigenvalue weighted by molar-refractivity contribution is 0.595. The quantitative estimate of drug-likeness (QED) is 0.551.